The van der Waals surface area contributed by atoms with Gasteiger partial charge in [-0.15, -0.1) is 0 Å². The molecule has 19 heavy (non-hydrogen) atoms. The zero-order valence-corrected chi connectivity index (χ0v) is 13.0. The van der Waals surface area contributed by atoms with E-state index in [0.29, 0.717) is 24.8 Å². The van der Waals surface area contributed by atoms with Gasteiger partial charge in [-0.3, -0.25) is 9.69 Å². The molecule has 0 atom stereocenters. The molecule has 0 aromatic carbocycles. The van der Waals surface area contributed by atoms with Crippen LogP contribution in [-0.2, 0) is 10.0 Å². The fraction of sp³-hybridized carbons (Fsp3) is 0.727. The lowest BCUT2D eigenvalue weighted by Crippen LogP contribution is -2.50. The van der Waals surface area contributed by atoms with Crippen molar-refractivity contribution in [2.24, 2.45) is 0 Å². The van der Waals surface area contributed by atoms with Gasteiger partial charge in [-0.2, -0.15) is 4.31 Å². The van der Waals surface area contributed by atoms with Gasteiger partial charge in [-0.25, -0.2) is 8.42 Å². The van der Waals surface area contributed by atoms with Crippen molar-refractivity contribution in [3.8, 4) is 0 Å². The minimum atomic E-state index is -3.53. The zero-order valence-electron chi connectivity index (χ0n) is 11.3. The van der Waals surface area contributed by atoms with Crippen molar-refractivity contribution in [2.45, 2.75) is 31.0 Å². The number of aromatic amines is 1. The molecule has 2 rings (SSSR count). The third kappa shape index (κ3) is 2.91. The number of sulfonamides is 1. The molecule has 1 saturated heterocycles. The van der Waals surface area contributed by atoms with Gasteiger partial charge in [-0.1, -0.05) is 11.3 Å². The summed E-state index contributed by atoms with van der Waals surface area (Å²) in [7, 11) is -3.53. The minimum Gasteiger partial charge on any atom is -0.315 e. The van der Waals surface area contributed by atoms with E-state index in [-0.39, 0.29) is 9.08 Å². The van der Waals surface area contributed by atoms with Crippen LogP contribution in [0, 0.1) is 6.92 Å². The van der Waals surface area contributed by atoms with E-state index in [0.717, 1.165) is 24.4 Å². The van der Waals surface area contributed by atoms with E-state index in [1.54, 1.807) is 6.92 Å². The Morgan fingerprint density at radius 3 is 2.21 bits per heavy atom. The molecule has 6 nitrogen and oxygen atoms in total. The first kappa shape index (κ1) is 14.7. The predicted molar refractivity (Wildman–Crippen MR) is 75.1 cm³/mol. The number of H-pyrrole nitrogens is 1. The first-order valence-electron chi connectivity index (χ1n) is 6.26. The van der Waals surface area contributed by atoms with Crippen molar-refractivity contribution in [1.82, 2.24) is 14.2 Å². The van der Waals surface area contributed by atoms with Crippen LogP contribution in [0.1, 0.15) is 19.5 Å². The second kappa shape index (κ2) is 5.35. The topological polar surface area (TPSA) is 73.5 Å². The van der Waals surface area contributed by atoms with Crippen molar-refractivity contribution < 1.29 is 8.42 Å². The molecule has 108 valence electrons. The summed E-state index contributed by atoms with van der Waals surface area (Å²) in [4.78, 5) is 15.7. The maximum absolute atomic E-state index is 12.5. The van der Waals surface area contributed by atoms with Gasteiger partial charge >= 0.3 is 4.87 Å². The summed E-state index contributed by atoms with van der Waals surface area (Å²) in [5.74, 6) is 0. The molecule has 0 aliphatic carbocycles. The number of thiazole rings is 1. The fourth-order valence-corrected chi connectivity index (χ4v) is 5.07. The number of nitrogens with zero attached hydrogens (tertiary/aromatic N) is 2. The smallest absolute Gasteiger partial charge is 0.305 e. The molecular weight excluding hydrogens is 286 g/mol. The number of hydrogen-bond acceptors (Lipinski definition) is 5. The highest BCUT2D eigenvalue weighted by molar-refractivity contribution is 7.91. The summed E-state index contributed by atoms with van der Waals surface area (Å²) < 4.78 is 26.5. The Kier molecular flexibility index (Phi) is 4.14. The van der Waals surface area contributed by atoms with Gasteiger partial charge in [0.05, 0.1) is 0 Å². The SMILES string of the molecule is Cc1[nH]c(=O)sc1S(=O)(=O)N1CCN(C(C)C)CC1. The van der Waals surface area contributed by atoms with Crippen LogP contribution >= 0.6 is 11.3 Å². The highest BCUT2D eigenvalue weighted by Crippen LogP contribution is 2.22. The molecule has 0 unspecified atom stereocenters. The maximum Gasteiger partial charge on any atom is 0.305 e. The van der Waals surface area contributed by atoms with Crippen molar-refractivity contribution in [3.05, 3.63) is 15.4 Å². The Morgan fingerprint density at radius 2 is 1.79 bits per heavy atom. The van der Waals surface area contributed by atoms with Gasteiger partial charge in [0.15, 0.2) is 4.21 Å². The first-order chi connectivity index (χ1) is 8.82. The van der Waals surface area contributed by atoms with Gasteiger partial charge in [0.25, 0.3) is 10.0 Å². The summed E-state index contributed by atoms with van der Waals surface area (Å²) in [6.45, 7) is 8.25. The third-order valence-electron chi connectivity index (χ3n) is 3.36. The van der Waals surface area contributed by atoms with E-state index in [9.17, 15) is 13.2 Å². The molecule has 1 aliphatic heterocycles. The molecule has 8 heteroatoms. The van der Waals surface area contributed by atoms with Crippen molar-refractivity contribution >= 4 is 21.4 Å². The first-order valence-corrected chi connectivity index (χ1v) is 8.52. The summed E-state index contributed by atoms with van der Waals surface area (Å²) >= 11 is 0.768. The molecule has 2 heterocycles. The molecule has 0 radical (unpaired) electrons. The van der Waals surface area contributed by atoms with Gasteiger partial charge in [0.1, 0.15) is 0 Å². The summed E-state index contributed by atoms with van der Waals surface area (Å²) in [5, 5.41) is 0. The van der Waals surface area contributed by atoms with E-state index in [1.807, 2.05) is 0 Å². The van der Waals surface area contributed by atoms with Crippen LogP contribution in [-0.4, -0.2) is 54.8 Å². The predicted octanol–water partition coefficient (Wildman–Crippen LogP) is 0.460. The second-order valence-electron chi connectivity index (χ2n) is 4.96. The average molecular weight is 305 g/mol. The second-order valence-corrected chi connectivity index (χ2v) is 8.08. The average Bonchev–Trinajstić information content (AvgIpc) is 2.69. The van der Waals surface area contributed by atoms with Crippen LogP contribution in [0.2, 0.25) is 0 Å². The standard InChI is InChI=1S/C11H19N3O3S2/c1-8(2)13-4-6-14(7-5-13)19(16,17)10-9(3)12-11(15)18-10/h8H,4-7H2,1-3H3,(H,12,15). The molecule has 1 N–H and O–H groups in total. The van der Waals surface area contributed by atoms with E-state index in [2.05, 4.69) is 23.7 Å². The van der Waals surface area contributed by atoms with Gasteiger partial charge < -0.3 is 4.98 Å². The lowest BCUT2D eigenvalue weighted by Gasteiger charge is -2.35. The molecular formula is C11H19N3O3S2. The molecule has 0 amide bonds. The van der Waals surface area contributed by atoms with Crippen LogP contribution in [0.3, 0.4) is 0 Å². The van der Waals surface area contributed by atoms with Crippen LogP contribution in [0.15, 0.2) is 9.00 Å². The van der Waals surface area contributed by atoms with Gasteiger partial charge in [0, 0.05) is 37.9 Å². The molecule has 0 bridgehead atoms. The van der Waals surface area contributed by atoms with E-state index < -0.39 is 10.0 Å². The molecule has 0 spiro atoms. The molecule has 1 aromatic heterocycles. The number of aromatic nitrogens is 1. The van der Waals surface area contributed by atoms with Crippen LogP contribution < -0.4 is 4.87 Å². The molecule has 1 fully saturated rings. The maximum atomic E-state index is 12.5. The van der Waals surface area contributed by atoms with Crippen LogP contribution in [0.25, 0.3) is 0 Å². The largest absolute Gasteiger partial charge is 0.315 e. The monoisotopic (exact) mass is 305 g/mol. The Balaban J connectivity index is 2.19. The Hall–Kier alpha value is -0.700. The third-order valence-corrected chi connectivity index (χ3v) is 6.84. The van der Waals surface area contributed by atoms with E-state index in [1.165, 1.54) is 4.31 Å². The number of nitrogens with one attached hydrogen (secondary N) is 1. The fourth-order valence-electron chi connectivity index (χ4n) is 2.21. The summed E-state index contributed by atoms with van der Waals surface area (Å²) in [6, 6.07) is 0.426. The van der Waals surface area contributed by atoms with Crippen LogP contribution in [0.5, 0.6) is 0 Å². The quantitative estimate of drug-likeness (QED) is 0.880. The van der Waals surface area contributed by atoms with Crippen molar-refractivity contribution in [3.63, 3.8) is 0 Å². The molecule has 0 saturated carbocycles. The lowest BCUT2D eigenvalue weighted by molar-refractivity contribution is 0.154. The lowest BCUT2D eigenvalue weighted by atomic mass is 10.3. The van der Waals surface area contributed by atoms with Crippen molar-refractivity contribution in [2.75, 3.05) is 26.2 Å². The highest BCUT2D eigenvalue weighted by Gasteiger charge is 2.31. The van der Waals surface area contributed by atoms with Gasteiger partial charge in [-0.05, 0) is 20.8 Å². The minimum absolute atomic E-state index is 0.149. The number of aryl methyl sites for hydroxylation is 1. The van der Waals surface area contributed by atoms with Gasteiger partial charge in [0.2, 0.25) is 0 Å². The van der Waals surface area contributed by atoms with E-state index in [4.69, 9.17) is 0 Å². The Bertz CT molecular complexity index is 595. The Labute approximate surface area is 117 Å². The normalized spacial score (nSPS) is 19.2. The highest BCUT2D eigenvalue weighted by atomic mass is 32.2. The van der Waals surface area contributed by atoms with Crippen LogP contribution in [0.4, 0.5) is 0 Å². The summed E-state index contributed by atoms with van der Waals surface area (Å²) in [6.07, 6.45) is 0. The van der Waals surface area contributed by atoms with Crippen molar-refractivity contribution in [1.29, 1.82) is 0 Å². The zero-order chi connectivity index (χ0) is 14.2. The molecule has 1 aliphatic rings. The number of hydrogen-bond donors (Lipinski definition) is 1. The number of rotatable bonds is 3. The molecule has 1 aromatic rings. The Morgan fingerprint density at radius 1 is 1.21 bits per heavy atom. The summed E-state index contributed by atoms with van der Waals surface area (Å²) in [5.41, 5.74) is 0.432. The van der Waals surface area contributed by atoms with E-state index >= 15 is 0 Å². The number of piperazine rings is 1.